The highest BCUT2D eigenvalue weighted by atomic mass is 35.5. The van der Waals surface area contributed by atoms with Gasteiger partial charge in [-0.3, -0.25) is 14.5 Å². The first kappa shape index (κ1) is 25.2. The number of hydrogen-bond acceptors (Lipinski definition) is 6. The molecule has 0 radical (unpaired) electrons. The summed E-state index contributed by atoms with van der Waals surface area (Å²) >= 11 is 5.56. The molecule has 10 heteroatoms. The van der Waals surface area contributed by atoms with Gasteiger partial charge in [-0.2, -0.15) is 0 Å². The van der Waals surface area contributed by atoms with Crippen LogP contribution in [0, 0.1) is 0 Å². The van der Waals surface area contributed by atoms with Crippen molar-refractivity contribution >= 4 is 34.7 Å². The van der Waals surface area contributed by atoms with E-state index in [0.717, 1.165) is 11.3 Å². The van der Waals surface area contributed by atoms with Crippen LogP contribution < -0.4 is 14.4 Å². The number of para-hydroxylation sites is 1. The van der Waals surface area contributed by atoms with Crippen molar-refractivity contribution in [3.05, 3.63) is 53.6 Å². The molecule has 9 nitrogen and oxygen atoms in total. The number of halogens is 1. The normalized spacial score (nSPS) is 18.8. The monoisotopic (exact) mass is 527 g/mol. The summed E-state index contributed by atoms with van der Waals surface area (Å²) in [6.45, 7) is 2.44. The van der Waals surface area contributed by atoms with Crippen LogP contribution >= 0.6 is 11.6 Å². The van der Waals surface area contributed by atoms with E-state index in [1.165, 1.54) is 7.11 Å². The number of carbonyl (C=O) groups is 3. The minimum absolute atomic E-state index is 0.0313. The van der Waals surface area contributed by atoms with E-state index in [0.29, 0.717) is 68.9 Å². The topological polar surface area (TPSA) is 88.6 Å². The molecular weight excluding hydrogens is 498 g/mol. The second kappa shape index (κ2) is 10.9. The van der Waals surface area contributed by atoms with Crippen molar-refractivity contribution in [2.45, 2.75) is 44.4 Å². The van der Waals surface area contributed by atoms with Gasteiger partial charge in [0.2, 0.25) is 0 Å². The van der Waals surface area contributed by atoms with Crippen LogP contribution in [-0.4, -0.2) is 72.6 Å². The number of anilines is 1. The molecule has 2 fully saturated rings. The number of likely N-dealkylation sites (tertiary alicyclic amines) is 2. The molecule has 3 amide bonds. The molecule has 5 rings (SSSR count). The molecule has 0 aliphatic carbocycles. The van der Waals surface area contributed by atoms with Crippen LogP contribution in [-0.2, 0) is 11.3 Å². The van der Waals surface area contributed by atoms with E-state index in [1.54, 1.807) is 32.9 Å². The van der Waals surface area contributed by atoms with E-state index in [-0.39, 0.29) is 30.8 Å². The molecule has 0 spiro atoms. The molecule has 2 saturated heterocycles. The lowest BCUT2D eigenvalue weighted by atomic mass is 10.00. The lowest BCUT2D eigenvalue weighted by molar-refractivity contribution is 0.0705. The van der Waals surface area contributed by atoms with Gasteiger partial charge in [-0.25, -0.2) is 4.79 Å². The van der Waals surface area contributed by atoms with Crippen LogP contribution in [0.2, 0.25) is 0 Å². The second-order valence-electron chi connectivity index (χ2n) is 9.50. The van der Waals surface area contributed by atoms with E-state index in [2.05, 4.69) is 0 Å². The third-order valence-corrected chi connectivity index (χ3v) is 7.55. The maximum Gasteiger partial charge on any atom is 0.414 e. The molecule has 0 unspecified atom stereocenters. The van der Waals surface area contributed by atoms with E-state index in [9.17, 15) is 14.4 Å². The third kappa shape index (κ3) is 5.32. The highest BCUT2D eigenvalue weighted by Crippen LogP contribution is 2.33. The smallest absolute Gasteiger partial charge is 0.414 e. The summed E-state index contributed by atoms with van der Waals surface area (Å²) in [4.78, 5) is 42.4. The van der Waals surface area contributed by atoms with Gasteiger partial charge in [0.1, 0.15) is 24.2 Å². The van der Waals surface area contributed by atoms with Crippen molar-refractivity contribution in [1.29, 1.82) is 0 Å². The van der Waals surface area contributed by atoms with E-state index in [4.69, 9.17) is 25.8 Å². The average molecular weight is 528 g/mol. The van der Waals surface area contributed by atoms with Crippen molar-refractivity contribution < 1.29 is 28.6 Å². The fourth-order valence-corrected chi connectivity index (χ4v) is 5.45. The number of piperidine rings is 2. The van der Waals surface area contributed by atoms with Crippen molar-refractivity contribution in [2.75, 3.05) is 38.2 Å². The minimum atomic E-state index is -0.437. The van der Waals surface area contributed by atoms with Crippen LogP contribution in [0.3, 0.4) is 0 Å². The van der Waals surface area contributed by atoms with Gasteiger partial charge in [0.05, 0.1) is 18.4 Å². The maximum absolute atomic E-state index is 13.4. The lowest BCUT2D eigenvalue weighted by Crippen LogP contribution is -2.50. The fraction of sp³-hybridized carbons (Fsp3) is 0.444. The first-order chi connectivity index (χ1) is 17.9. The Hall–Kier alpha value is -3.46. The lowest BCUT2D eigenvalue weighted by Gasteiger charge is -2.40. The number of hydrogen-bond donors (Lipinski definition) is 0. The van der Waals surface area contributed by atoms with Gasteiger partial charge in [0.15, 0.2) is 0 Å². The Morgan fingerprint density at radius 1 is 0.973 bits per heavy atom. The van der Waals surface area contributed by atoms with Crippen molar-refractivity contribution in [3.63, 3.8) is 0 Å². The number of nitrogens with zero attached hydrogens (tertiary/aromatic N) is 3. The van der Waals surface area contributed by atoms with Crippen LogP contribution in [0.5, 0.6) is 11.5 Å². The van der Waals surface area contributed by atoms with E-state index in [1.807, 2.05) is 24.3 Å². The summed E-state index contributed by atoms with van der Waals surface area (Å²) in [5, 5.41) is -0.437. The summed E-state index contributed by atoms with van der Waals surface area (Å²) < 4.78 is 17.0. The predicted octanol–water partition coefficient (Wildman–Crippen LogP) is 4.66. The number of carbonyl (C=O) groups excluding carboxylic acids is 3. The van der Waals surface area contributed by atoms with Crippen molar-refractivity contribution in [3.8, 4) is 11.5 Å². The average Bonchev–Trinajstić information content (AvgIpc) is 2.93. The molecule has 0 aromatic heterocycles. The first-order valence-corrected chi connectivity index (χ1v) is 12.9. The van der Waals surface area contributed by atoms with Crippen LogP contribution in [0.25, 0.3) is 0 Å². The van der Waals surface area contributed by atoms with Gasteiger partial charge in [-0.15, -0.1) is 0 Å². The van der Waals surface area contributed by atoms with Crippen LogP contribution in [0.15, 0.2) is 42.5 Å². The summed E-state index contributed by atoms with van der Waals surface area (Å²) in [5.74, 6) is 0.953. The molecular formula is C27H30ClN3O6. The number of methoxy groups -OCH3 is 1. The van der Waals surface area contributed by atoms with Crippen LogP contribution in [0.1, 0.15) is 41.6 Å². The Kier molecular flexibility index (Phi) is 7.41. The number of fused-ring (bicyclic) bond motifs is 1. The minimum Gasteiger partial charge on any atom is -0.496 e. The number of amides is 3. The summed E-state index contributed by atoms with van der Waals surface area (Å²) in [6, 6.07) is 13.0. The zero-order valence-corrected chi connectivity index (χ0v) is 21.5. The Labute approximate surface area is 220 Å². The van der Waals surface area contributed by atoms with Crippen LogP contribution in [0.4, 0.5) is 15.3 Å². The van der Waals surface area contributed by atoms with Gasteiger partial charge in [0, 0.05) is 56.7 Å². The molecule has 0 N–H and O–H groups in total. The number of benzene rings is 2. The molecule has 2 aromatic rings. The van der Waals surface area contributed by atoms with E-state index < -0.39 is 5.37 Å². The quantitative estimate of drug-likeness (QED) is 0.415. The van der Waals surface area contributed by atoms with Gasteiger partial charge < -0.3 is 24.0 Å². The number of ether oxygens (including phenoxy) is 3. The Bertz CT molecular complexity index is 1170. The predicted molar refractivity (Wildman–Crippen MR) is 137 cm³/mol. The SMILES string of the molecule is COc1cc(OC2CCN(C(=O)Cl)CC2)ccc1C(=O)N1CCC(N2C(=O)OCc3ccccc32)CC1. The van der Waals surface area contributed by atoms with Gasteiger partial charge in [-0.05, 0) is 42.6 Å². The van der Waals surface area contributed by atoms with Crippen molar-refractivity contribution in [1.82, 2.24) is 9.80 Å². The molecule has 3 aliphatic rings. The highest BCUT2D eigenvalue weighted by molar-refractivity contribution is 6.62. The standard InChI is InChI=1S/C27H30ClN3O6/c1-35-24-16-21(37-20-10-14-30(15-11-20)26(28)33)6-7-22(24)25(32)29-12-8-19(9-13-29)31-23-5-3-2-4-18(23)17-36-27(31)34/h2-7,16,19-20H,8-15,17H2,1H3. The molecule has 37 heavy (non-hydrogen) atoms. The summed E-state index contributed by atoms with van der Waals surface area (Å²) in [6.07, 6.45) is 2.31. The molecule has 0 bridgehead atoms. The van der Waals surface area contributed by atoms with E-state index >= 15 is 0 Å². The first-order valence-electron chi connectivity index (χ1n) is 12.6. The third-order valence-electron chi connectivity index (χ3n) is 7.31. The van der Waals surface area contributed by atoms with Gasteiger partial charge in [0.25, 0.3) is 5.91 Å². The fourth-order valence-electron chi connectivity index (χ4n) is 5.28. The molecule has 3 aliphatic heterocycles. The largest absolute Gasteiger partial charge is 0.496 e. The second-order valence-corrected chi connectivity index (χ2v) is 9.82. The number of rotatable bonds is 5. The zero-order chi connectivity index (χ0) is 25.9. The van der Waals surface area contributed by atoms with Gasteiger partial charge in [-0.1, -0.05) is 18.2 Å². The molecule has 196 valence electrons. The molecule has 0 saturated carbocycles. The summed E-state index contributed by atoms with van der Waals surface area (Å²) in [5.41, 5.74) is 2.35. The molecule has 3 heterocycles. The Balaban J connectivity index is 1.21. The number of cyclic esters (lactones) is 1. The highest BCUT2D eigenvalue weighted by Gasteiger charge is 2.35. The Morgan fingerprint density at radius 3 is 2.38 bits per heavy atom. The van der Waals surface area contributed by atoms with Gasteiger partial charge >= 0.3 is 11.5 Å². The molecule has 0 atom stereocenters. The molecule has 2 aromatic carbocycles. The maximum atomic E-state index is 13.4. The zero-order valence-electron chi connectivity index (χ0n) is 20.7. The Morgan fingerprint density at radius 2 is 1.68 bits per heavy atom. The summed E-state index contributed by atoms with van der Waals surface area (Å²) in [7, 11) is 1.53. The van der Waals surface area contributed by atoms with Crippen molar-refractivity contribution in [2.24, 2.45) is 0 Å².